The lowest BCUT2D eigenvalue weighted by Crippen LogP contribution is -2.06. The van der Waals surface area contributed by atoms with Crippen LogP contribution in [-0.2, 0) is 4.79 Å². The van der Waals surface area contributed by atoms with E-state index in [1.165, 1.54) is 12.2 Å². The van der Waals surface area contributed by atoms with Gasteiger partial charge in [-0.15, -0.1) is 0 Å². The molecule has 0 radical (unpaired) electrons. The molecule has 0 amide bonds. The summed E-state index contributed by atoms with van der Waals surface area (Å²) >= 11 is 0. The van der Waals surface area contributed by atoms with E-state index >= 15 is 0 Å². The van der Waals surface area contributed by atoms with E-state index in [0.29, 0.717) is 12.8 Å². The zero-order chi connectivity index (χ0) is 11.8. The molecule has 0 spiro atoms. The Morgan fingerprint density at radius 1 is 1.53 bits per heavy atom. The van der Waals surface area contributed by atoms with Crippen molar-refractivity contribution in [2.45, 2.75) is 26.7 Å². The Hall–Kier alpha value is -1.51. The highest BCUT2D eigenvalue weighted by atomic mass is 16.3. The molecule has 0 aromatic heterocycles. The van der Waals surface area contributed by atoms with Gasteiger partial charge in [0.15, 0.2) is 0 Å². The molecular weight excluding hydrogens is 192 g/mol. The second-order valence-corrected chi connectivity index (χ2v) is 3.58. The molecule has 0 heterocycles. The molecule has 3 heteroatoms. The van der Waals surface area contributed by atoms with Crippen LogP contribution in [0.4, 0.5) is 0 Å². The third kappa shape index (κ3) is 6.55. The fraction of sp³-hybridized carbons (Fsp3) is 0.417. The summed E-state index contributed by atoms with van der Waals surface area (Å²) in [6.07, 6.45) is 5.18. The zero-order valence-corrected chi connectivity index (χ0v) is 9.23. The van der Waals surface area contributed by atoms with Crippen LogP contribution >= 0.6 is 0 Å². The van der Waals surface area contributed by atoms with Gasteiger partial charge in [-0.05, 0) is 37.5 Å². The van der Waals surface area contributed by atoms with Crippen LogP contribution in [0.3, 0.4) is 0 Å². The summed E-state index contributed by atoms with van der Waals surface area (Å²) in [5.41, 5.74) is 0.748. The fourth-order valence-electron chi connectivity index (χ4n) is 1.10. The molecule has 1 atom stereocenters. The quantitative estimate of drug-likeness (QED) is 0.523. The lowest BCUT2D eigenvalue weighted by molar-refractivity contribution is -0.120. The molecule has 0 bridgehead atoms. The molecule has 0 aromatic carbocycles. The molecule has 0 aliphatic carbocycles. The van der Waals surface area contributed by atoms with Gasteiger partial charge in [-0.2, -0.15) is 0 Å². The first-order chi connectivity index (χ1) is 6.97. The molecule has 0 aromatic rings. The predicted molar refractivity (Wildman–Crippen MR) is 60.7 cm³/mol. The van der Waals surface area contributed by atoms with Crippen molar-refractivity contribution in [3.05, 3.63) is 36.3 Å². The highest BCUT2D eigenvalue weighted by molar-refractivity contribution is 5.77. The van der Waals surface area contributed by atoms with Gasteiger partial charge in [0.25, 0.3) is 0 Å². The van der Waals surface area contributed by atoms with Crippen LogP contribution in [-0.4, -0.2) is 16.0 Å². The molecular formula is C12H18O3. The summed E-state index contributed by atoms with van der Waals surface area (Å²) in [5, 5.41) is 17.6. The summed E-state index contributed by atoms with van der Waals surface area (Å²) in [7, 11) is 0. The lowest BCUT2D eigenvalue weighted by Gasteiger charge is -2.07. The minimum Gasteiger partial charge on any atom is -0.516 e. The van der Waals surface area contributed by atoms with Crippen LogP contribution in [0, 0.1) is 5.92 Å². The number of allylic oxidation sites excluding steroid dienone is 3. The van der Waals surface area contributed by atoms with E-state index in [0.717, 1.165) is 11.8 Å². The highest BCUT2D eigenvalue weighted by Crippen LogP contribution is 2.14. The van der Waals surface area contributed by atoms with Crippen molar-refractivity contribution in [3.63, 3.8) is 0 Å². The lowest BCUT2D eigenvalue weighted by atomic mass is 9.98. The Kier molecular flexibility index (Phi) is 6.18. The molecule has 0 fully saturated rings. The van der Waals surface area contributed by atoms with Crippen LogP contribution in [0.25, 0.3) is 0 Å². The van der Waals surface area contributed by atoms with Gasteiger partial charge < -0.3 is 10.2 Å². The number of aliphatic hydroxyl groups is 2. The van der Waals surface area contributed by atoms with Crippen molar-refractivity contribution >= 4 is 5.78 Å². The Morgan fingerprint density at radius 3 is 2.53 bits per heavy atom. The molecule has 15 heavy (non-hydrogen) atoms. The van der Waals surface area contributed by atoms with Gasteiger partial charge in [-0.25, -0.2) is 0 Å². The van der Waals surface area contributed by atoms with Gasteiger partial charge in [0.05, 0.1) is 6.26 Å². The minimum absolute atomic E-state index is 0.00699. The molecule has 0 rings (SSSR count). The maximum Gasteiger partial charge on any atom is 0.132 e. The third-order valence-corrected chi connectivity index (χ3v) is 2.20. The van der Waals surface area contributed by atoms with Gasteiger partial charge in [0.1, 0.15) is 11.5 Å². The highest BCUT2D eigenvalue weighted by Gasteiger charge is 2.07. The van der Waals surface area contributed by atoms with E-state index in [9.17, 15) is 4.79 Å². The van der Waals surface area contributed by atoms with Gasteiger partial charge >= 0.3 is 0 Å². The normalized spacial score (nSPS) is 14.1. The topological polar surface area (TPSA) is 57.5 Å². The van der Waals surface area contributed by atoms with E-state index in [1.807, 2.05) is 6.92 Å². The number of carbonyl (C=O) groups is 1. The number of ketones is 1. The summed E-state index contributed by atoms with van der Waals surface area (Å²) in [6.45, 7) is 6.75. The first-order valence-corrected chi connectivity index (χ1v) is 4.87. The van der Waals surface area contributed by atoms with E-state index in [-0.39, 0.29) is 17.5 Å². The van der Waals surface area contributed by atoms with Crippen molar-refractivity contribution in [2.24, 2.45) is 5.92 Å². The van der Waals surface area contributed by atoms with Gasteiger partial charge in [0.2, 0.25) is 0 Å². The smallest absolute Gasteiger partial charge is 0.132 e. The van der Waals surface area contributed by atoms with E-state index in [1.54, 1.807) is 6.92 Å². The first kappa shape index (κ1) is 13.5. The minimum atomic E-state index is -0.0569. The van der Waals surface area contributed by atoms with Crippen molar-refractivity contribution in [3.8, 4) is 0 Å². The second kappa shape index (κ2) is 6.87. The molecule has 0 saturated carbocycles. The van der Waals surface area contributed by atoms with E-state index in [2.05, 4.69) is 6.58 Å². The number of rotatable bonds is 6. The Balaban J connectivity index is 4.32. The largest absolute Gasteiger partial charge is 0.516 e. The zero-order valence-electron chi connectivity index (χ0n) is 9.23. The van der Waals surface area contributed by atoms with Crippen LogP contribution in [0.15, 0.2) is 36.3 Å². The van der Waals surface area contributed by atoms with Crippen molar-refractivity contribution in [1.82, 2.24) is 0 Å². The van der Waals surface area contributed by atoms with Gasteiger partial charge in [-0.1, -0.05) is 13.5 Å². The molecule has 84 valence electrons. The molecule has 1 unspecified atom stereocenters. The maximum absolute atomic E-state index is 11.0. The van der Waals surface area contributed by atoms with Crippen LogP contribution < -0.4 is 0 Å². The molecule has 0 aliphatic rings. The fourth-order valence-corrected chi connectivity index (χ4v) is 1.10. The van der Waals surface area contributed by atoms with E-state index in [4.69, 9.17) is 10.2 Å². The summed E-state index contributed by atoms with van der Waals surface area (Å²) in [6, 6.07) is 0. The first-order valence-electron chi connectivity index (χ1n) is 4.87. The monoisotopic (exact) mass is 210 g/mol. The number of Topliss-reactive ketones (excluding diaryl/α,β-unsaturated/α-hetero) is 1. The average Bonchev–Trinajstić information content (AvgIpc) is 2.13. The average molecular weight is 210 g/mol. The third-order valence-electron chi connectivity index (χ3n) is 2.20. The van der Waals surface area contributed by atoms with Crippen LogP contribution in [0.5, 0.6) is 0 Å². The number of aliphatic hydroxyl groups excluding tert-OH is 2. The second-order valence-electron chi connectivity index (χ2n) is 3.58. The number of carbonyl (C=O) groups excluding carboxylic acids is 1. The molecule has 2 N–H and O–H groups in total. The summed E-state index contributed by atoms with van der Waals surface area (Å²) in [5.74, 6) is 0.0798. The standard InChI is InChI=1S/C12H18O3/c1-9(11(3)15)4-5-12(6-7-13)8-10(2)14/h6-9,13-14H,2,4-5H2,1,3H3/b7-6-,12-8-. The molecule has 3 nitrogen and oxygen atoms in total. The van der Waals surface area contributed by atoms with E-state index < -0.39 is 0 Å². The van der Waals surface area contributed by atoms with Gasteiger partial charge in [-0.3, -0.25) is 4.79 Å². The van der Waals surface area contributed by atoms with Crippen molar-refractivity contribution in [1.29, 1.82) is 0 Å². The van der Waals surface area contributed by atoms with Crippen molar-refractivity contribution in [2.75, 3.05) is 0 Å². The Bertz CT molecular complexity index is 287. The summed E-state index contributed by atoms with van der Waals surface area (Å²) in [4.78, 5) is 11.0. The van der Waals surface area contributed by atoms with Crippen LogP contribution in [0.1, 0.15) is 26.7 Å². The number of hydrogen-bond acceptors (Lipinski definition) is 3. The number of hydrogen-bond donors (Lipinski definition) is 2. The van der Waals surface area contributed by atoms with Crippen molar-refractivity contribution < 1.29 is 15.0 Å². The summed E-state index contributed by atoms with van der Waals surface area (Å²) < 4.78 is 0. The maximum atomic E-state index is 11.0. The molecule has 0 aliphatic heterocycles. The van der Waals surface area contributed by atoms with Crippen LogP contribution in [0.2, 0.25) is 0 Å². The predicted octanol–water partition coefficient (Wildman–Crippen LogP) is 3.06. The Morgan fingerprint density at radius 2 is 2.13 bits per heavy atom. The Labute approximate surface area is 90.4 Å². The van der Waals surface area contributed by atoms with Gasteiger partial charge in [0, 0.05) is 5.92 Å². The SMILES string of the molecule is C=C(O)/C=C(\C=C/O)CCC(C)C(C)=O. The molecule has 0 saturated heterocycles.